The van der Waals surface area contributed by atoms with Crippen LogP contribution in [0, 0.1) is 11.3 Å². The highest BCUT2D eigenvalue weighted by atomic mass is 16.5. The zero-order chi connectivity index (χ0) is 41.9. The predicted molar refractivity (Wildman–Crippen MR) is 237 cm³/mol. The Hall–Kier alpha value is -5.02. The molecule has 308 valence electrons. The summed E-state index contributed by atoms with van der Waals surface area (Å²) in [5, 5.41) is 12.1. The maximum Gasteiger partial charge on any atom is 0.258 e. The molecule has 57 heavy (non-hydrogen) atoms. The number of fused-ring (bicyclic) bond motifs is 1. The Kier molecular flexibility index (Phi) is 16.0. The fourth-order valence-electron chi connectivity index (χ4n) is 7.69. The van der Waals surface area contributed by atoms with E-state index in [0.29, 0.717) is 12.5 Å². The van der Waals surface area contributed by atoms with E-state index in [1.54, 1.807) is 11.1 Å². The molecular weight excluding hydrogens is 709 g/mol. The summed E-state index contributed by atoms with van der Waals surface area (Å²) in [6, 6.07) is 16.7. The van der Waals surface area contributed by atoms with E-state index in [9.17, 15) is 9.90 Å². The number of allylic oxidation sites excluding steroid dienone is 2. The quantitative estimate of drug-likeness (QED) is 0.0338. The number of hydrogen-bond donors (Lipinski definition) is 4. The molecule has 0 saturated heterocycles. The van der Waals surface area contributed by atoms with Crippen molar-refractivity contribution in [3.05, 3.63) is 109 Å². The molecule has 0 aliphatic heterocycles. The van der Waals surface area contributed by atoms with Crippen LogP contribution in [0.5, 0.6) is 5.75 Å². The Labute approximate surface area is 342 Å². The molecule has 1 amide bonds. The monoisotopic (exact) mass is 777 g/mol. The molecule has 0 aliphatic carbocycles. The van der Waals surface area contributed by atoms with E-state index in [1.807, 2.05) is 46.1 Å². The van der Waals surface area contributed by atoms with Crippen LogP contribution in [0.1, 0.15) is 110 Å². The molecule has 0 fully saturated rings. The third-order valence-corrected chi connectivity index (χ3v) is 10.8. The topological polar surface area (TPSA) is 104 Å². The van der Waals surface area contributed by atoms with Crippen LogP contribution >= 0.6 is 0 Å². The molecule has 0 bridgehead atoms. The van der Waals surface area contributed by atoms with Gasteiger partial charge in [0.05, 0.1) is 23.8 Å². The highest BCUT2D eigenvalue weighted by Gasteiger charge is 2.29. The molecule has 0 aliphatic rings. The summed E-state index contributed by atoms with van der Waals surface area (Å²) >= 11 is 0. The van der Waals surface area contributed by atoms with Gasteiger partial charge in [-0.25, -0.2) is 0 Å². The van der Waals surface area contributed by atoms with E-state index in [4.69, 9.17) is 9.72 Å². The maximum atomic E-state index is 12.7. The van der Waals surface area contributed by atoms with Crippen molar-refractivity contribution in [1.82, 2.24) is 30.8 Å². The minimum absolute atomic E-state index is 0.121. The molecule has 0 saturated carbocycles. The Balaban J connectivity index is 1.53. The van der Waals surface area contributed by atoms with Crippen molar-refractivity contribution in [2.24, 2.45) is 11.3 Å². The van der Waals surface area contributed by atoms with Gasteiger partial charge in [0.2, 0.25) is 0 Å². The number of nitrogens with zero attached hydrogens (tertiary/aromatic N) is 3. The van der Waals surface area contributed by atoms with Crippen LogP contribution < -0.4 is 16.4 Å². The van der Waals surface area contributed by atoms with E-state index >= 15 is 0 Å². The molecule has 9 nitrogen and oxygen atoms in total. The second-order valence-corrected chi connectivity index (χ2v) is 16.7. The van der Waals surface area contributed by atoms with Gasteiger partial charge in [0.1, 0.15) is 11.8 Å². The van der Waals surface area contributed by atoms with Crippen LogP contribution in [0.25, 0.3) is 33.3 Å². The number of phenolic OH excluding ortho intramolecular Hbond substituents is 1. The molecule has 2 atom stereocenters. The van der Waals surface area contributed by atoms with Crippen LogP contribution in [-0.2, 0) is 28.9 Å². The van der Waals surface area contributed by atoms with Gasteiger partial charge in [-0.1, -0.05) is 79.8 Å². The van der Waals surface area contributed by atoms with Crippen molar-refractivity contribution in [3.8, 4) is 28.1 Å². The average Bonchev–Trinajstić information content (AvgIpc) is 3.47. The highest BCUT2D eigenvalue weighted by molar-refractivity contribution is 5.95. The number of aromatic nitrogens is 2. The summed E-state index contributed by atoms with van der Waals surface area (Å²) in [6.45, 7) is 30.4. The number of ether oxygens (including phenoxy) is 1. The molecule has 2 heterocycles. The molecule has 2 aromatic carbocycles. The van der Waals surface area contributed by atoms with E-state index in [1.165, 1.54) is 27.7 Å². The summed E-state index contributed by atoms with van der Waals surface area (Å²) in [5.74, 6) is 1.29. The second-order valence-electron chi connectivity index (χ2n) is 16.7. The average molecular weight is 777 g/mol. The zero-order valence-electron chi connectivity index (χ0n) is 36.1. The molecule has 9 heteroatoms. The molecule has 2 aromatic heterocycles. The lowest BCUT2D eigenvalue weighted by Gasteiger charge is -2.28. The highest BCUT2D eigenvalue weighted by Crippen LogP contribution is 2.42. The van der Waals surface area contributed by atoms with Gasteiger partial charge in [0, 0.05) is 47.4 Å². The van der Waals surface area contributed by atoms with Crippen molar-refractivity contribution < 1.29 is 14.6 Å². The number of rotatable bonds is 23. The largest absolute Gasteiger partial charge is 0.508 e. The summed E-state index contributed by atoms with van der Waals surface area (Å²) in [7, 11) is 1.84. The zero-order valence-corrected chi connectivity index (χ0v) is 36.1. The van der Waals surface area contributed by atoms with Crippen LogP contribution in [0.4, 0.5) is 0 Å². The maximum absolute atomic E-state index is 12.7. The normalized spacial score (nSPS) is 12.7. The molecule has 4 rings (SSSR count). The van der Waals surface area contributed by atoms with Crippen LogP contribution in [-0.4, -0.2) is 45.2 Å². The number of aromatic hydroxyl groups is 1. The first-order chi connectivity index (χ1) is 27.1. The number of phenols is 1. The molecule has 0 spiro atoms. The van der Waals surface area contributed by atoms with Gasteiger partial charge in [-0.3, -0.25) is 15.2 Å². The lowest BCUT2D eigenvalue weighted by atomic mass is 9.83. The number of unbranched alkanes of at least 4 members (excludes halogenated alkanes) is 2. The Morgan fingerprint density at radius 2 is 1.79 bits per heavy atom. The molecule has 0 radical (unpaired) electrons. The Morgan fingerprint density at radius 3 is 2.46 bits per heavy atom. The number of aryl methyl sites for hydroxylation is 2. The first kappa shape index (κ1) is 44.7. The third-order valence-electron chi connectivity index (χ3n) is 10.8. The number of hydrazine groups is 2. The van der Waals surface area contributed by atoms with E-state index in [-0.39, 0.29) is 29.0 Å². The lowest BCUT2D eigenvalue weighted by Crippen LogP contribution is -2.54. The lowest BCUT2D eigenvalue weighted by molar-refractivity contribution is -0.127. The van der Waals surface area contributed by atoms with Crippen molar-refractivity contribution in [3.63, 3.8) is 0 Å². The van der Waals surface area contributed by atoms with Gasteiger partial charge in [0.25, 0.3) is 5.91 Å². The second kappa shape index (κ2) is 20.4. The van der Waals surface area contributed by atoms with Crippen molar-refractivity contribution in [1.29, 1.82) is 0 Å². The first-order valence-electron chi connectivity index (χ1n) is 20.7. The number of nitrogens with one attached hydrogen (secondary N) is 3. The molecular formula is C48H68N6O3. The van der Waals surface area contributed by atoms with Crippen LogP contribution in [0.3, 0.4) is 0 Å². The minimum atomic E-state index is -0.329. The SMILES string of the molecule is C=CN(C)C(C(=O)NNNC(=C)CCCCCc1cc(O)cc(-c2ccc3c(c2)c(CC(C)(C)COC(=C)C)c(-c2cccnc2C(C)CC)n3CC)c1)C(C)C. The smallest absolute Gasteiger partial charge is 0.258 e. The van der Waals surface area contributed by atoms with Crippen molar-refractivity contribution >= 4 is 16.8 Å². The van der Waals surface area contributed by atoms with Gasteiger partial charge in [-0.2, -0.15) is 0 Å². The summed E-state index contributed by atoms with van der Waals surface area (Å²) in [6.07, 6.45) is 9.91. The standard InChI is InChI=1S/C48H68N6O3/c1-13-34(8)44-40(22-19-25-49-44)46-42(30-48(10,11)31-57-33(6)7)41-29-37(23-24-43(41)54(46)15-3)38-26-36(27-39(55)28-38)21-18-16-17-20-35(9)50-52-51-47(56)45(32(4)5)53(12)14-2/h14,19,22-29,32,34,45,50,52,55H,2,6,9,13,15-18,20-21,30-31H2,1,3-5,7-8,10-12H3,(H,51,56). The Bertz CT molecular complexity index is 2010. The summed E-state index contributed by atoms with van der Waals surface area (Å²) < 4.78 is 8.45. The molecule has 4 N–H and O–H groups in total. The van der Waals surface area contributed by atoms with Gasteiger partial charge < -0.3 is 24.7 Å². The number of pyridine rings is 1. The number of likely N-dealkylation sites (N-methyl/N-ethyl adjacent to an activating group) is 1. The number of carbonyl (C=O) groups excluding carboxylic acids is 1. The van der Waals surface area contributed by atoms with Crippen molar-refractivity contribution in [2.75, 3.05) is 13.7 Å². The number of hydrogen-bond acceptors (Lipinski definition) is 7. The number of carbonyl (C=O) groups is 1. The fraction of sp³-hybridized carbons (Fsp3) is 0.458. The van der Waals surface area contributed by atoms with Gasteiger partial charge >= 0.3 is 0 Å². The summed E-state index contributed by atoms with van der Waals surface area (Å²) in [5.41, 5.74) is 18.4. The van der Waals surface area contributed by atoms with Crippen LogP contribution in [0.2, 0.25) is 0 Å². The van der Waals surface area contributed by atoms with Gasteiger partial charge in [-0.05, 0) is 129 Å². The number of amides is 1. The Morgan fingerprint density at radius 1 is 1.04 bits per heavy atom. The first-order valence-corrected chi connectivity index (χ1v) is 20.7. The van der Waals surface area contributed by atoms with Crippen LogP contribution in [0.15, 0.2) is 92.1 Å². The van der Waals surface area contributed by atoms with Gasteiger partial charge in [-0.15, -0.1) is 5.53 Å². The van der Waals surface area contributed by atoms with Gasteiger partial charge in [0.15, 0.2) is 0 Å². The van der Waals surface area contributed by atoms with Crippen molar-refractivity contribution in [2.45, 2.75) is 119 Å². The van der Waals surface area contributed by atoms with E-state index in [2.05, 4.69) is 112 Å². The minimum Gasteiger partial charge on any atom is -0.508 e. The molecule has 4 aromatic rings. The predicted octanol–water partition coefficient (Wildman–Crippen LogP) is 10.6. The summed E-state index contributed by atoms with van der Waals surface area (Å²) in [4.78, 5) is 19.4. The van der Waals surface area contributed by atoms with E-state index in [0.717, 1.165) is 85.3 Å². The van der Waals surface area contributed by atoms with E-state index < -0.39 is 0 Å². The molecule has 2 unspecified atom stereocenters. The number of benzene rings is 2. The fourth-order valence-corrected chi connectivity index (χ4v) is 7.69. The third kappa shape index (κ3) is 11.8.